The average molecular weight is 290 g/mol. The Balaban J connectivity index is 2.02. The van der Waals surface area contributed by atoms with Crippen LogP contribution in [-0.4, -0.2) is 22.9 Å². The second kappa shape index (κ2) is 7.41. The number of aliphatic hydroxyl groups is 2. The number of hydrogen-bond acceptors (Lipinski definition) is 3. The van der Waals surface area contributed by atoms with Gasteiger partial charge in [-0.05, 0) is 31.0 Å². The smallest absolute Gasteiger partial charge is 0.158 e. The highest BCUT2D eigenvalue weighted by atomic mass is 16.3. The maximum Gasteiger partial charge on any atom is 0.158 e. The Kier molecular flexibility index (Phi) is 5.56. The minimum atomic E-state index is -0.453. The molecule has 0 aliphatic carbocycles. The summed E-state index contributed by atoms with van der Waals surface area (Å²) in [5.41, 5.74) is 1.90. The predicted octanol–water partition coefficient (Wildman–Crippen LogP) is 1.83. The number of rotatable bonds is 7. The van der Waals surface area contributed by atoms with E-state index in [1.54, 1.807) is 6.92 Å². The first kappa shape index (κ1) is 15.8. The highest BCUT2D eigenvalue weighted by Crippen LogP contribution is 2.23. The van der Waals surface area contributed by atoms with E-state index in [1.165, 1.54) is 0 Å². The largest absolute Gasteiger partial charge is 0.455 e. The molecule has 0 amide bonds. The van der Waals surface area contributed by atoms with Crippen LogP contribution in [0.4, 0.5) is 0 Å². The monoisotopic (exact) mass is 290 g/mol. The molecule has 21 heavy (non-hydrogen) atoms. The zero-order chi connectivity index (χ0) is 15.2. The van der Waals surface area contributed by atoms with E-state index >= 15 is 0 Å². The number of furan rings is 1. The van der Waals surface area contributed by atoms with Crippen molar-refractivity contribution in [2.75, 3.05) is 6.61 Å². The standard InChI is InChI=1S/C17H23NO3/c1-3-15(11-19)18-10-16-8-9-17(21-16)14-6-4-13(5-7-14)12(2)20/h4-9,12,15,18-20H,3,10-11H2,1-2H3/p+1/t12-,15+/m0/s1. The van der Waals surface area contributed by atoms with Crippen molar-refractivity contribution in [2.45, 2.75) is 39.0 Å². The van der Waals surface area contributed by atoms with Crippen LogP contribution in [0.3, 0.4) is 0 Å². The van der Waals surface area contributed by atoms with Crippen molar-refractivity contribution in [1.29, 1.82) is 0 Å². The normalized spacial score (nSPS) is 14.1. The summed E-state index contributed by atoms with van der Waals surface area (Å²) in [6, 6.07) is 11.9. The summed E-state index contributed by atoms with van der Waals surface area (Å²) in [5, 5.41) is 20.8. The van der Waals surface area contributed by atoms with Gasteiger partial charge in [0.25, 0.3) is 0 Å². The number of hydrogen-bond donors (Lipinski definition) is 3. The maximum atomic E-state index is 9.51. The van der Waals surface area contributed by atoms with Crippen LogP contribution >= 0.6 is 0 Å². The molecule has 0 aliphatic heterocycles. The van der Waals surface area contributed by atoms with E-state index in [1.807, 2.05) is 36.4 Å². The molecule has 1 heterocycles. The van der Waals surface area contributed by atoms with Crippen molar-refractivity contribution in [3.8, 4) is 11.3 Å². The van der Waals surface area contributed by atoms with Gasteiger partial charge in [0.15, 0.2) is 5.76 Å². The first-order valence-electron chi connectivity index (χ1n) is 7.45. The van der Waals surface area contributed by atoms with Crippen molar-refractivity contribution < 1.29 is 19.9 Å². The summed E-state index contributed by atoms with van der Waals surface area (Å²) in [7, 11) is 0. The molecule has 1 aromatic carbocycles. The topological polar surface area (TPSA) is 70.2 Å². The Labute approximate surface area is 125 Å². The highest BCUT2D eigenvalue weighted by Gasteiger charge is 2.11. The summed E-state index contributed by atoms with van der Waals surface area (Å²) >= 11 is 0. The third-order valence-corrected chi connectivity index (χ3v) is 3.75. The van der Waals surface area contributed by atoms with Crippen LogP contribution in [-0.2, 0) is 6.54 Å². The molecule has 2 atom stereocenters. The van der Waals surface area contributed by atoms with E-state index in [4.69, 9.17) is 4.42 Å². The first-order chi connectivity index (χ1) is 10.1. The van der Waals surface area contributed by atoms with E-state index in [9.17, 15) is 10.2 Å². The molecule has 4 heteroatoms. The lowest BCUT2D eigenvalue weighted by atomic mass is 10.1. The van der Waals surface area contributed by atoms with Crippen LogP contribution in [0.5, 0.6) is 0 Å². The fraction of sp³-hybridized carbons (Fsp3) is 0.412. The molecule has 114 valence electrons. The molecule has 1 aromatic heterocycles. The average Bonchev–Trinajstić information content (AvgIpc) is 2.97. The molecule has 0 bridgehead atoms. The van der Waals surface area contributed by atoms with Gasteiger partial charge in [-0.15, -0.1) is 0 Å². The van der Waals surface area contributed by atoms with Crippen LogP contribution < -0.4 is 5.32 Å². The fourth-order valence-electron chi connectivity index (χ4n) is 2.22. The van der Waals surface area contributed by atoms with Gasteiger partial charge in [-0.1, -0.05) is 31.2 Å². The molecule has 2 rings (SSSR count). The Morgan fingerprint density at radius 2 is 1.86 bits per heavy atom. The van der Waals surface area contributed by atoms with Gasteiger partial charge in [0.05, 0.1) is 12.7 Å². The molecule has 0 fully saturated rings. The van der Waals surface area contributed by atoms with Crippen LogP contribution in [0.1, 0.15) is 37.7 Å². The van der Waals surface area contributed by atoms with Crippen molar-refractivity contribution in [2.24, 2.45) is 0 Å². The minimum Gasteiger partial charge on any atom is -0.455 e. The van der Waals surface area contributed by atoms with Gasteiger partial charge in [-0.2, -0.15) is 0 Å². The minimum absolute atomic E-state index is 0.185. The Morgan fingerprint density at radius 1 is 1.14 bits per heavy atom. The van der Waals surface area contributed by atoms with E-state index < -0.39 is 6.10 Å². The van der Waals surface area contributed by atoms with Crippen molar-refractivity contribution in [3.63, 3.8) is 0 Å². The lowest BCUT2D eigenvalue weighted by Gasteiger charge is -2.08. The van der Waals surface area contributed by atoms with Crippen molar-refractivity contribution in [1.82, 2.24) is 0 Å². The zero-order valence-corrected chi connectivity index (χ0v) is 12.6. The molecule has 0 saturated heterocycles. The summed E-state index contributed by atoms with van der Waals surface area (Å²) in [5.74, 6) is 1.73. The molecular formula is C17H24NO3+. The third-order valence-electron chi connectivity index (χ3n) is 3.75. The van der Waals surface area contributed by atoms with Gasteiger partial charge in [-0.3, -0.25) is 0 Å². The summed E-state index contributed by atoms with van der Waals surface area (Å²) in [6.07, 6.45) is 0.482. The zero-order valence-electron chi connectivity index (χ0n) is 12.6. The van der Waals surface area contributed by atoms with Crippen LogP contribution in [0.15, 0.2) is 40.8 Å². The van der Waals surface area contributed by atoms with Crippen molar-refractivity contribution >= 4 is 0 Å². The van der Waals surface area contributed by atoms with Gasteiger partial charge >= 0.3 is 0 Å². The summed E-state index contributed by atoms with van der Waals surface area (Å²) in [4.78, 5) is 0. The SMILES string of the molecule is CC[C@H](CO)[NH2+]Cc1ccc(-c2ccc([C@H](C)O)cc2)o1. The van der Waals surface area contributed by atoms with E-state index in [0.717, 1.165) is 35.6 Å². The maximum absolute atomic E-state index is 9.51. The van der Waals surface area contributed by atoms with Gasteiger partial charge in [0.2, 0.25) is 0 Å². The van der Waals surface area contributed by atoms with Gasteiger partial charge < -0.3 is 19.9 Å². The van der Waals surface area contributed by atoms with Gasteiger partial charge in [0, 0.05) is 5.56 Å². The Bertz CT molecular complexity index is 541. The molecule has 4 nitrogen and oxygen atoms in total. The van der Waals surface area contributed by atoms with Gasteiger partial charge in [-0.25, -0.2) is 0 Å². The second-order valence-corrected chi connectivity index (χ2v) is 5.35. The molecular weight excluding hydrogens is 266 g/mol. The Hall–Kier alpha value is -1.62. The molecule has 0 radical (unpaired) electrons. The molecule has 0 spiro atoms. The molecule has 4 N–H and O–H groups in total. The molecule has 0 aliphatic rings. The summed E-state index contributed by atoms with van der Waals surface area (Å²) < 4.78 is 5.83. The molecule has 2 aromatic rings. The van der Waals surface area contributed by atoms with E-state index in [2.05, 4.69) is 12.2 Å². The molecule has 0 saturated carbocycles. The number of aliphatic hydroxyl groups excluding tert-OH is 2. The first-order valence-corrected chi connectivity index (χ1v) is 7.45. The fourth-order valence-corrected chi connectivity index (χ4v) is 2.22. The van der Waals surface area contributed by atoms with Gasteiger partial charge in [0.1, 0.15) is 18.3 Å². The predicted molar refractivity (Wildman–Crippen MR) is 81.6 cm³/mol. The third kappa shape index (κ3) is 4.17. The lowest BCUT2D eigenvalue weighted by molar-refractivity contribution is -0.707. The van der Waals surface area contributed by atoms with E-state index in [0.29, 0.717) is 0 Å². The van der Waals surface area contributed by atoms with Crippen LogP contribution in [0.25, 0.3) is 11.3 Å². The van der Waals surface area contributed by atoms with Crippen molar-refractivity contribution in [3.05, 3.63) is 47.7 Å². The summed E-state index contributed by atoms with van der Waals surface area (Å²) in [6.45, 7) is 4.73. The quantitative estimate of drug-likeness (QED) is 0.728. The molecule has 0 unspecified atom stereocenters. The lowest BCUT2D eigenvalue weighted by Crippen LogP contribution is -2.89. The highest BCUT2D eigenvalue weighted by molar-refractivity contribution is 5.58. The van der Waals surface area contributed by atoms with Crippen LogP contribution in [0.2, 0.25) is 0 Å². The number of quaternary nitrogens is 1. The van der Waals surface area contributed by atoms with Crippen LogP contribution in [0, 0.1) is 0 Å². The number of nitrogens with two attached hydrogens (primary N) is 1. The van der Waals surface area contributed by atoms with E-state index in [-0.39, 0.29) is 12.6 Å². The Morgan fingerprint density at radius 3 is 2.43 bits per heavy atom. The number of benzene rings is 1. The second-order valence-electron chi connectivity index (χ2n) is 5.35.